The van der Waals surface area contributed by atoms with Crippen LogP contribution in [-0.2, 0) is 4.79 Å². The van der Waals surface area contributed by atoms with E-state index in [0.29, 0.717) is 5.92 Å². The molecule has 1 aliphatic rings. The minimum absolute atomic E-state index is 0.0509. The molecule has 0 aromatic carbocycles. The van der Waals surface area contributed by atoms with E-state index in [9.17, 15) is 4.79 Å². The molecule has 1 aromatic rings. The van der Waals surface area contributed by atoms with Gasteiger partial charge in [-0.3, -0.25) is 9.78 Å². The monoisotopic (exact) mass is 263 g/mol. The van der Waals surface area contributed by atoms with Gasteiger partial charge in [0.25, 0.3) is 0 Å². The van der Waals surface area contributed by atoms with E-state index in [2.05, 4.69) is 25.5 Å². The maximum absolute atomic E-state index is 10.9. The maximum Gasteiger partial charge on any atom is 0.216 e. The Kier molecular flexibility index (Phi) is 4.54. The molecule has 0 radical (unpaired) electrons. The number of carbonyl (C=O) groups is 1. The fourth-order valence-corrected chi connectivity index (χ4v) is 2.28. The standard InChI is InChI=1S/C13H21N5O/c1-10(19)16-7-11-3-5-18(6-4-11)13-9-15-8-12(14-2)17-13/h8-9,11H,3-7H2,1-2H3,(H,14,17)(H,16,19). The number of nitrogens with one attached hydrogen (secondary N) is 2. The Hall–Kier alpha value is -1.85. The summed E-state index contributed by atoms with van der Waals surface area (Å²) in [7, 11) is 1.84. The van der Waals surface area contributed by atoms with Crippen molar-refractivity contribution in [1.29, 1.82) is 0 Å². The summed E-state index contributed by atoms with van der Waals surface area (Å²) in [4.78, 5) is 21.8. The van der Waals surface area contributed by atoms with Crippen molar-refractivity contribution in [3.8, 4) is 0 Å². The Labute approximate surface area is 113 Å². The topological polar surface area (TPSA) is 70.2 Å². The van der Waals surface area contributed by atoms with Crippen molar-refractivity contribution >= 4 is 17.5 Å². The third kappa shape index (κ3) is 3.81. The number of piperidine rings is 1. The quantitative estimate of drug-likeness (QED) is 0.843. The average molecular weight is 263 g/mol. The van der Waals surface area contributed by atoms with E-state index in [4.69, 9.17) is 0 Å². The fourth-order valence-electron chi connectivity index (χ4n) is 2.28. The third-order valence-electron chi connectivity index (χ3n) is 3.46. The van der Waals surface area contributed by atoms with E-state index >= 15 is 0 Å². The molecule has 19 heavy (non-hydrogen) atoms. The highest BCUT2D eigenvalue weighted by Crippen LogP contribution is 2.21. The molecule has 0 spiro atoms. The number of hydrogen-bond acceptors (Lipinski definition) is 5. The summed E-state index contributed by atoms with van der Waals surface area (Å²) in [5.41, 5.74) is 0. The second-order valence-electron chi connectivity index (χ2n) is 4.88. The van der Waals surface area contributed by atoms with Gasteiger partial charge in [0.2, 0.25) is 5.91 Å². The first-order valence-corrected chi connectivity index (χ1v) is 6.68. The highest BCUT2D eigenvalue weighted by molar-refractivity contribution is 5.72. The van der Waals surface area contributed by atoms with Crippen LogP contribution in [0.3, 0.4) is 0 Å². The number of aromatic nitrogens is 2. The van der Waals surface area contributed by atoms with E-state index in [1.165, 1.54) is 0 Å². The lowest BCUT2D eigenvalue weighted by Crippen LogP contribution is -2.38. The predicted octanol–water partition coefficient (Wildman–Crippen LogP) is 0.871. The van der Waals surface area contributed by atoms with Crippen molar-refractivity contribution in [2.24, 2.45) is 5.92 Å². The summed E-state index contributed by atoms with van der Waals surface area (Å²) in [5.74, 6) is 2.33. The molecule has 2 heterocycles. The van der Waals surface area contributed by atoms with Crippen molar-refractivity contribution in [3.63, 3.8) is 0 Å². The van der Waals surface area contributed by atoms with Gasteiger partial charge in [-0.05, 0) is 18.8 Å². The van der Waals surface area contributed by atoms with Crippen LogP contribution in [0.5, 0.6) is 0 Å². The van der Waals surface area contributed by atoms with Gasteiger partial charge in [0.05, 0.1) is 12.4 Å². The fraction of sp³-hybridized carbons (Fsp3) is 0.615. The minimum atomic E-state index is 0.0509. The lowest BCUT2D eigenvalue weighted by molar-refractivity contribution is -0.119. The molecular weight excluding hydrogens is 242 g/mol. The molecule has 6 nitrogen and oxygen atoms in total. The molecule has 0 aliphatic carbocycles. The lowest BCUT2D eigenvalue weighted by atomic mass is 9.97. The van der Waals surface area contributed by atoms with Gasteiger partial charge in [0.1, 0.15) is 11.6 Å². The van der Waals surface area contributed by atoms with Crippen LogP contribution in [-0.4, -0.2) is 42.6 Å². The molecule has 1 saturated heterocycles. The van der Waals surface area contributed by atoms with E-state index in [1.807, 2.05) is 7.05 Å². The maximum atomic E-state index is 10.9. The molecule has 104 valence electrons. The molecule has 1 aromatic heterocycles. The van der Waals surface area contributed by atoms with Gasteiger partial charge in [-0.25, -0.2) is 4.98 Å². The zero-order chi connectivity index (χ0) is 13.7. The molecular formula is C13H21N5O. The van der Waals surface area contributed by atoms with Gasteiger partial charge in [-0.15, -0.1) is 0 Å². The number of hydrogen-bond donors (Lipinski definition) is 2. The second kappa shape index (κ2) is 6.36. The number of rotatable bonds is 4. The number of nitrogens with zero attached hydrogens (tertiary/aromatic N) is 3. The van der Waals surface area contributed by atoms with Crippen LogP contribution in [0, 0.1) is 5.92 Å². The van der Waals surface area contributed by atoms with Crippen LogP contribution in [0.1, 0.15) is 19.8 Å². The normalized spacial score (nSPS) is 16.2. The van der Waals surface area contributed by atoms with Gasteiger partial charge in [0, 0.05) is 33.6 Å². The molecule has 0 unspecified atom stereocenters. The smallest absolute Gasteiger partial charge is 0.216 e. The zero-order valence-corrected chi connectivity index (χ0v) is 11.5. The Balaban J connectivity index is 1.87. The number of amides is 1. The molecule has 0 atom stereocenters. The van der Waals surface area contributed by atoms with Crippen LogP contribution in [0.4, 0.5) is 11.6 Å². The second-order valence-corrected chi connectivity index (χ2v) is 4.88. The summed E-state index contributed by atoms with van der Waals surface area (Å²) in [5, 5.41) is 5.89. The number of anilines is 2. The summed E-state index contributed by atoms with van der Waals surface area (Å²) < 4.78 is 0. The minimum Gasteiger partial charge on any atom is -0.372 e. The molecule has 1 amide bonds. The first kappa shape index (κ1) is 13.6. The van der Waals surface area contributed by atoms with Crippen molar-refractivity contribution in [3.05, 3.63) is 12.4 Å². The first-order valence-electron chi connectivity index (χ1n) is 6.68. The number of carbonyl (C=O) groups excluding carboxylic acids is 1. The van der Waals surface area contributed by atoms with Gasteiger partial charge < -0.3 is 15.5 Å². The van der Waals surface area contributed by atoms with E-state index < -0.39 is 0 Å². The molecule has 2 N–H and O–H groups in total. The van der Waals surface area contributed by atoms with Gasteiger partial charge >= 0.3 is 0 Å². The van der Waals surface area contributed by atoms with Crippen LogP contribution < -0.4 is 15.5 Å². The van der Waals surface area contributed by atoms with Crippen LogP contribution >= 0.6 is 0 Å². The van der Waals surface area contributed by atoms with Crippen LogP contribution in [0.25, 0.3) is 0 Å². The van der Waals surface area contributed by atoms with Crippen LogP contribution in [0.2, 0.25) is 0 Å². The van der Waals surface area contributed by atoms with Gasteiger partial charge in [-0.1, -0.05) is 0 Å². The highest BCUT2D eigenvalue weighted by Gasteiger charge is 2.20. The van der Waals surface area contributed by atoms with E-state index in [1.54, 1.807) is 19.3 Å². The first-order chi connectivity index (χ1) is 9.19. The summed E-state index contributed by atoms with van der Waals surface area (Å²) >= 11 is 0. The largest absolute Gasteiger partial charge is 0.372 e. The molecule has 2 rings (SSSR count). The Bertz CT molecular complexity index is 429. The SMILES string of the molecule is CNc1cncc(N2CCC(CNC(C)=O)CC2)n1. The summed E-state index contributed by atoms with van der Waals surface area (Å²) in [6.45, 7) is 4.28. The van der Waals surface area contributed by atoms with Crippen molar-refractivity contribution < 1.29 is 4.79 Å². The lowest BCUT2D eigenvalue weighted by Gasteiger charge is -2.32. The molecule has 0 saturated carbocycles. The van der Waals surface area contributed by atoms with E-state index in [-0.39, 0.29) is 5.91 Å². The van der Waals surface area contributed by atoms with Crippen LogP contribution in [0.15, 0.2) is 12.4 Å². The molecule has 1 aliphatic heterocycles. The van der Waals surface area contributed by atoms with Gasteiger partial charge in [-0.2, -0.15) is 0 Å². The Morgan fingerprint density at radius 3 is 2.79 bits per heavy atom. The predicted molar refractivity (Wildman–Crippen MR) is 75.2 cm³/mol. The molecule has 0 bridgehead atoms. The van der Waals surface area contributed by atoms with Crippen molar-refractivity contribution in [1.82, 2.24) is 15.3 Å². The third-order valence-corrected chi connectivity index (χ3v) is 3.46. The Morgan fingerprint density at radius 2 is 2.16 bits per heavy atom. The average Bonchev–Trinajstić information content (AvgIpc) is 2.45. The van der Waals surface area contributed by atoms with E-state index in [0.717, 1.165) is 44.1 Å². The zero-order valence-electron chi connectivity index (χ0n) is 11.5. The summed E-state index contributed by atoms with van der Waals surface area (Å²) in [6.07, 6.45) is 5.67. The highest BCUT2D eigenvalue weighted by atomic mass is 16.1. The van der Waals surface area contributed by atoms with Crippen molar-refractivity contribution in [2.45, 2.75) is 19.8 Å². The molecule has 6 heteroatoms. The van der Waals surface area contributed by atoms with Gasteiger partial charge in [0.15, 0.2) is 0 Å². The molecule has 1 fully saturated rings. The summed E-state index contributed by atoms with van der Waals surface area (Å²) in [6, 6.07) is 0. The Morgan fingerprint density at radius 1 is 1.42 bits per heavy atom. The van der Waals surface area contributed by atoms with Crippen molar-refractivity contribution in [2.75, 3.05) is 36.9 Å².